The molecule has 0 saturated carbocycles. The third-order valence-electron chi connectivity index (χ3n) is 4.02. The van der Waals surface area contributed by atoms with Gasteiger partial charge in [-0.15, -0.1) is 0 Å². The van der Waals surface area contributed by atoms with E-state index in [-0.39, 0.29) is 11.6 Å². The Bertz CT molecular complexity index is 955. The summed E-state index contributed by atoms with van der Waals surface area (Å²) in [6.07, 6.45) is 0. The number of rotatable bonds is 4. The van der Waals surface area contributed by atoms with Gasteiger partial charge in [0.15, 0.2) is 0 Å². The summed E-state index contributed by atoms with van der Waals surface area (Å²) < 4.78 is 3.43. The van der Waals surface area contributed by atoms with Gasteiger partial charge in [-0.2, -0.15) is 0 Å². The van der Waals surface area contributed by atoms with Crippen molar-refractivity contribution in [3.63, 3.8) is 0 Å². The topological polar surface area (TPSA) is 56.0 Å². The number of nitrogens with one attached hydrogen (secondary N) is 1. The van der Waals surface area contributed by atoms with E-state index in [1.165, 1.54) is 0 Å². The number of imidazole rings is 1. The summed E-state index contributed by atoms with van der Waals surface area (Å²) in [6, 6.07) is 12.2. The molecule has 0 aliphatic heterocycles. The highest BCUT2D eigenvalue weighted by Gasteiger charge is 2.13. The molecule has 2 aromatic carbocycles. The molecule has 0 fully saturated rings. The van der Waals surface area contributed by atoms with Crippen LogP contribution >= 0.6 is 11.6 Å². The zero-order valence-electron chi connectivity index (χ0n) is 13.5. The van der Waals surface area contributed by atoms with Crippen molar-refractivity contribution in [1.82, 2.24) is 9.13 Å². The van der Waals surface area contributed by atoms with Gasteiger partial charge in [0.1, 0.15) is 0 Å². The number of carbonyl (C=O) groups is 1. The molecule has 1 N–H and O–H groups in total. The van der Waals surface area contributed by atoms with Crippen LogP contribution in [0.15, 0.2) is 47.3 Å². The predicted molar refractivity (Wildman–Crippen MR) is 97.0 cm³/mol. The second kappa shape index (κ2) is 6.53. The molecule has 1 aromatic heterocycles. The average Bonchev–Trinajstić information content (AvgIpc) is 2.85. The normalized spacial score (nSPS) is 11.0. The number of halogens is 1. The van der Waals surface area contributed by atoms with E-state index in [1.54, 1.807) is 33.4 Å². The fraction of sp³-hybridized carbons (Fsp3) is 0.222. The number of hydrogen-bond acceptors (Lipinski definition) is 2. The zero-order valence-corrected chi connectivity index (χ0v) is 14.3. The van der Waals surface area contributed by atoms with Crippen molar-refractivity contribution in [3.8, 4) is 0 Å². The molecular formula is C18H18ClN3O2. The second-order valence-corrected chi connectivity index (χ2v) is 5.87. The summed E-state index contributed by atoms with van der Waals surface area (Å²) in [6.45, 7) is 5.06. The van der Waals surface area contributed by atoms with Crippen LogP contribution in [0.2, 0.25) is 5.02 Å². The molecule has 24 heavy (non-hydrogen) atoms. The van der Waals surface area contributed by atoms with Crippen LogP contribution in [-0.2, 0) is 13.1 Å². The third kappa shape index (κ3) is 2.83. The van der Waals surface area contributed by atoms with Crippen LogP contribution in [0, 0.1) is 0 Å². The lowest BCUT2D eigenvalue weighted by Gasteiger charge is -2.07. The summed E-state index contributed by atoms with van der Waals surface area (Å²) in [5.41, 5.74) is 2.83. The Morgan fingerprint density at radius 1 is 1.00 bits per heavy atom. The van der Waals surface area contributed by atoms with Gasteiger partial charge < -0.3 is 5.32 Å². The third-order valence-corrected chi connectivity index (χ3v) is 4.27. The fourth-order valence-corrected chi connectivity index (χ4v) is 2.94. The van der Waals surface area contributed by atoms with Crippen molar-refractivity contribution in [3.05, 3.63) is 63.5 Å². The SMILES string of the molecule is CCn1c(=O)n(CC)c2cc(NC(=O)c3ccc(Cl)cc3)ccc21. The van der Waals surface area contributed by atoms with Crippen LogP contribution in [-0.4, -0.2) is 15.0 Å². The molecule has 0 radical (unpaired) electrons. The van der Waals surface area contributed by atoms with Crippen LogP contribution < -0.4 is 11.0 Å². The highest BCUT2D eigenvalue weighted by atomic mass is 35.5. The molecule has 0 atom stereocenters. The fourth-order valence-electron chi connectivity index (χ4n) is 2.81. The Balaban J connectivity index is 1.97. The molecule has 0 aliphatic carbocycles. The highest BCUT2D eigenvalue weighted by molar-refractivity contribution is 6.30. The first-order valence-corrected chi connectivity index (χ1v) is 8.23. The monoisotopic (exact) mass is 343 g/mol. The summed E-state index contributed by atoms with van der Waals surface area (Å²) in [4.78, 5) is 24.7. The molecule has 0 unspecified atom stereocenters. The molecule has 6 heteroatoms. The van der Waals surface area contributed by atoms with E-state index in [0.717, 1.165) is 11.0 Å². The Kier molecular flexibility index (Phi) is 4.44. The molecule has 5 nitrogen and oxygen atoms in total. The summed E-state index contributed by atoms with van der Waals surface area (Å²) >= 11 is 5.84. The van der Waals surface area contributed by atoms with E-state index in [2.05, 4.69) is 5.32 Å². The molecule has 124 valence electrons. The van der Waals surface area contributed by atoms with Gasteiger partial charge in [-0.05, 0) is 56.3 Å². The molecular weight excluding hydrogens is 326 g/mol. The van der Waals surface area contributed by atoms with Gasteiger partial charge >= 0.3 is 5.69 Å². The predicted octanol–water partition coefficient (Wildman–Crippen LogP) is 3.75. The smallest absolute Gasteiger partial charge is 0.322 e. The number of nitrogens with zero attached hydrogens (tertiary/aromatic N) is 2. The van der Waals surface area contributed by atoms with Gasteiger partial charge in [-0.1, -0.05) is 11.6 Å². The Hall–Kier alpha value is -2.53. The number of hydrogen-bond donors (Lipinski definition) is 1. The van der Waals surface area contributed by atoms with Gasteiger partial charge in [0.2, 0.25) is 0 Å². The summed E-state index contributed by atoms with van der Waals surface area (Å²) in [5, 5.41) is 3.45. The van der Waals surface area contributed by atoms with Gasteiger partial charge in [0.25, 0.3) is 5.91 Å². The molecule has 3 aromatic rings. The Morgan fingerprint density at radius 2 is 1.62 bits per heavy atom. The maximum absolute atomic E-state index is 12.4. The van der Waals surface area contributed by atoms with E-state index in [4.69, 9.17) is 11.6 Å². The van der Waals surface area contributed by atoms with Crippen LogP contribution in [0.5, 0.6) is 0 Å². The van der Waals surface area contributed by atoms with Crippen LogP contribution in [0.25, 0.3) is 11.0 Å². The number of carbonyl (C=O) groups excluding carboxylic acids is 1. The second-order valence-electron chi connectivity index (χ2n) is 5.44. The number of aromatic nitrogens is 2. The molecule has 1 heterocycles. The number of anilines is 1. The van der Waals surface area contributed by atoms with Crippen molar-refractivity contribution < 1.29 is 4.79 Å². The Labute approximate surface area is 144 Å². The summed E-state index contributed by atoms with van der Waals surface area (Å²) in [7, 11) is 0. The van der Waals surface area contributed by atoms with Crippen LogP contribution in [0.3, 0.4) is 0 Å². The number of amides is 1. The maximum atomic E-state index is 12.4. The quantitative estimate of drug-likeness (QED) is 0.784. The number of aryl methyl sites for hydroxylation is 2. The largest absolute Gasteiger partial charge is 0.329 e. The van der Waals surface area contributed by atoms with Crippen molar-refractivity contribution in [1.29, 1.82) is 0 Å². The first kappa shape index (κ1) is 16.3. The van der Waals surface area contributed by atoms with Crippen molar-refractivity contribution in [2.24, 2.45) is 0 Å². The van der Waals surface area contributed by atoms with Crippen molar-refractivity contribution in [2.75, 3.05) is 5.32 Å². The van der Waals surface area contributed by atoms with Gasteiger partial charge in [-0.3, -0.25) is 13.9 Å². The van der Waals surface area contributed by atoms with Gasteiger partial charge in [0, 0.05) is 29.4 Å². The average molecular weight is 344 g/mol. The lowest BCUT2D eigenvalue weighted by Crippen LogP contribution is -2.23. The zero-order chi connectivity index (χ0) is 17.3. The first-order valence-electron chi connectivity index (χ1n) is 7.85. The van der Waals surface area contributed by atoms with E-state index in [9.17, 15) is 9.59 Å². The Morgan fingerprint density at radius 3 is 2.25 bits per heavy atom. The molecule has 0 aliphatic rings. The lowest BCUT2D eigenvalue weighted by atomic mass is 10.2. The van der Waals surface area contributed by atoms with Crippen molar-refractivity contribution in [2.45, 2.75) is 26.9 Å². The molecule has 3 rings (SSSR count). The minimum atomic E-state index is -0.216. The maximum Gasteiger partial charge on any atom is 0.329 e. The molecule has 0 bridgehead atoms. The molecule has 1 amide bonds. The lowest BCUT2D eigenvalue weighted by molar-refractivity contribution is 0.102. The van der Waals surface area contributed by atoms with Crippen LogP contribution in [0.1, 0.15) is 24.2 Å². The van der Waals surface area contributed by atoms with Gasteiger partial charge in [0.05, 0.1) is 11.0 Å². The minimum Gasteiger partial charge on any atom is -0.322 e. The van der Waals surface area contributed by atoms with Crippen molar-refractivity contribution >= 4 is 34.2 Å². The number of fused-ring (bicyclic) bond motifs is 1. The molecule has 0 saturated heterocycles. The number of benzene rings is 2. The van der Waals surface area contributed by atoms with Crippen LogP contribution in [0.4, 0.5) is 5.69 Å². The molecule has 0 spiro atoms. The minimum absolute atomic E-state index is 0.0313. The van der Waals surface area contributed by atoms with E-state index < -0.39 is 0 Å². The van der Waals surface area contributed by atoms with E-state index in [1.807, 2.05) is 32.0 Å². The first-order chi connectivity index (χ1) is 11.5. The highest BCUT2D eigenvalue weighted by Crippen LogP contribution is 2.20. The summed E-state index contributed by atoms with van der Waals surface area (Å²) in [5.74, 6) is -0.216. The van der Waals surface area contributed by atoms with E-state index >= 15 is 0 Å². The standard InChI is InChI=1S/C18H18ClN3O2/c1-3-21-15-10-9-14(11-16(15)22(4-2)18(21)24)20-17(23)12-5-7-13(19)8-6-12/h5-11H,3-4H2,1-2H3,(H,20,23). The van der Waals surface area contributed by atoms with E-state index in [0.29, 0.717) is 29.4 Å². The van der Waals surface area contributed by atoms with Gasteiger partial charge in [-0.25, -0.2) is 4.79 Å².